The minimum Gasteiger partial charge on any atom is -0.473 e. The van der Waals surface area contributed by atoms with Gasteiger partial charge in [0.15, 0.2) is 11.4 Å². The first-order valence-corrected chi connectivity index (χ1v) is 11.4. The highest BCUT2D eigenvalue weighted by atomic mass is 16.5. The third-order valence-corrected chi connectivity index (χ3v) is 6.22. The van der Waals surface area contributed by atoms with Crippen LogP contribution in [-0.4, -0.2) is 38.6 Å². The fourth-order valence-corrected chi connectivity index (χ4v) is 4.45. The number of pyridine rings is 2. The van der Waals surface area contributed by atoms with Gasteiger partial charge >= 0.3 is 0 Å². The molecule has 0 unspecified atom stereocenters. The second kappa shape index (κ2) is 9.50. The van der Waals surface area contributed by atoms with E-state index in [0.29, 0.717) is 36.2 Å². The highest BCUT2D eigenvalue weighted by Crippen LogP contribution is 2.26. The van der Waals surface area contributed by atoms with Crippen molar-refractivity contribution in [1.29, 1.82) is 0 Å². The van der Waals surface area contributed by atoms with Gasteiger partial charge in [0.2, 0.25) is 5.88 Å². The lowest BCUT2D eigenvalue weighted by Gasteiger charge is -2.21. The molecule has 1 aliphatic rings. The molecular formula is C26H27N5O2. The van der Waals surface area contributed by atoms with E-state index in [1.165, 1.54) is 0 Å². The van der Waals surface area contributed by atoms with Gasteiger partial charge in [-0.2, -0.15) is 10.1 Å². The Morgan fingerprint density at radius 1 is 1.12 bits per heavy atom. The van der Waals surface area contributed by atoms with Gasteiger partial charge in [-0.15, -0.1) is 0 Å². The van der Waals surface area contributed by atoms with Crippen molar-refractivity contribution in [2.45, 2.75) is 25.9 Å². The molecule has 4 heterocycles. The SMILES string of the molecule is Cn1nc(C(=O)CC2CCNCC2)c2ccc(OCc3ccccc3-c3cccnc3)nc21. The summed E-state index contributed by atoms with van der Waals surface area (Å²) in [4.78, 5) is 21.8. The summed E-state index contributed by atoms with van der Waals surface area (Å²) < 4.78 is 7.71. The Bertz CT molecular complexity index is 1260. The topological polar surface area (TPSA) is 81.9 Å². The fraction of sp³-hybridized carbons (Fsp3) is 0.308. The average Bonchev–Trinajstić information content (AvgIpc) is 3.20. The van der Waals surface area contributed by atoms with E-state index in [-0.39, 0.29) is 5.78 Å². The number of hydrogen-bond donors (Lipinski definition) is 1. The van der Waals surface area contributed by atoms with Crippen LogP contribution in [0.15, 0.2) is 60.9 Å². The first-order valence-electron chi connectivity index (χ1n) is 11.4. The molecule has 0 spiro atoms. The van der Waals surface area contributed by atoms with Crippen molar-refractivity contribution in [3.8, 4) is 17.0 Å². The lowest BCUT2D eigenvalue weighted by Crippen LogP contribution is -2.29. The van der Waals surface area contributed by atoms with Gasteiger partial charge in [0.05, 0.1) is 5.39 Å². The van der Waals surface area contributed by atoms with Crippen LogP contribution >= 0.6 is 0 Å². The first kappa shape index (κ1) is 21.3. The molecule has 1 fully saturated rings. The summed E-state index contributed by atoms with van der Waals surface area (Å²) in [5, 5.41) is 8.62. The molecule has 1 aromatic carbocycles. The number of fused-ring (bicyclic) bond motifs is 1. The van der Waals surface area contributed by atoms with Gasteiger partial charge < -0.3 is 10.1 Å². The van der Waals surface area contributed by atoms with Crippen LogP contribution in [0.25, 0.3) is 22.2 Å². The lowest BCUT2D eigenvalue weighted by molar-refractivity contribution is 0.0948. The number of benzene rings is 1. The predicted molar refractivity (Wildman–Crippen MR) is 127 cm³/mol. The van der Waals surface area contributed by atoms with Crippen molar-refractivity contribution >= 4 is 16.8 Å². The lowest BCUT2D eigenvalue weighted by atomic mass is 9.91. The molecule has 0 radical (unpaired) electrons. The number of nitrogens with zero attached hydrogens (tertiary/aromatic N) is 4. The van der Waals surface area contributed by atoms with Crippen molar-refractivity contribution in [2.24, 2.45) is 13.0 Å². The summed E-state index contributed by atoms with van der Waals surface area (Å²) in [6.45, 7) is 2.34. The molecule has 1 aliphatic heterocycles. The number of ketones is 1. The zero-order valence-electron chi connectivity index (χ0n) is 18.7. The maximum atomic E-state index is 12.9. The quantitative estimate of drug-likeness (QED) is 0.433. The molecule has 0 saturated carbocycles. The van der Waals surface area contributed by atoms with Gasteiger partial charge in [-0.05, 0) is 55.1 Å². The molecule has 0 bridgehead atoms. The van der Waals surface area contributed by atoms with E-state index in [0.717, 1.165) is 48.0 Å². The normalized spacial score (nSPS) is 14.5. The second-order valence-corrected chi connectivity index (χ2v) is 8.50. The smallest absolute Gasteiger partial charge is 0.215 e. The van der Waals surface area contributed by atoms with Crippen LogP contribution in [0.1, 0.15) is 35.3 Å². The number of aromatic nitrogens is 4. The number of nitrogens with one attached hydrogen (secondary N) is 1. The van der Waals surface area contributed by atoms with Gasteiger partial charge in [0.1, 0.15) is 12.3 Å². The Balaban J connectivity index is 1.34. The monoisotopic (exact) mass is 441 g/mol. The summed E-state index contributed by atoms with van der Waals surface area (Å²) in [5.41, 5.74) is 4.34. The van der Waals surface area contributed by atoms with Gasteiger partial charge in [-0.25, -0.2) is 4.68 Å². The minimum atomic E-state index is 0.0911. The molecule has 168 valence electrons. The molecule has 0 amide bonds. The Hall–Kier alpha value is -3.58. The molecule has 1 N–H and O–H groups in total. The molecule has 4 aromatic rings. The summed E-state index contributed by atoms with van der Waals surface area (Å²) in [7, 11) is 1.82. The van der Waals surface area contributed by atoms with Gasteiger partial charge in [0.25, 0.3) is 0 Å². The van der Waals surface area contributed by atoms with E-state index < -0.39 is 0 Å². The van der Waals surface area contributed by atoms with Gasteiger partial charge in [-0.3, -0.25) is 9.78 Å². The summed E-state index contributed by atoms with van der Waals surface area (Å²) in [6.07, 6.45) is 6.22. The van der Waals surface area contributed by atoms with Crippen LogP contribution in [0.3, 0.4) is 0 Å². The van der Waals surface area contributed by atoms with E-state index in [1.54, 1.807) is 10.9 Å². The standard InChI is InChI=1S/C26H27N5O2/c1-31-26-22(25(30-31)23(32)15-18-10-13-27-14-11-18)8-9-24(29-26)33-17-20-5-2-3-7-21(20)19-6-4-12-28-16-19/h2-9,12,16,18,27H,10-11,13-15,17H2,1H3. The first-order chi connectivity index (χ1) is 16.2. The summed E-state index contributed by atoms with van der Waals surface area (Å²) in [6, 6.07) is 15.8. The number of carbonyl (C=O) groups excluding carboxylic acids is 1. The Labute approximate surface area is 192 Å². The van der Waals surface area contributed by atoms with Crippen molar-refractivity contribution in [1.82, 2.24) is 25.1 Å². The Morgan fingerprint density at radius 3 is 2.79 bits per heavy atom. The highest BCUT2D eigenvalue weighted by Gasteiger charge is 2.22. The van der Waals surface area contributed by atoms with Crippen molar-refractivity contribution in [3.63, 3.8) is 0 Å². The number of carbonyl (C=O) groups is 1. The van der Waals surface area contributed by atoms with Crippen LogP contribution in [-0.2, 0) is 13.7 Å². The molecule has 3 aromatic heterocycles. The maximum Gasteiger partial charge on any atom is 0.215 e. The number of aryl methyl sites for hydroxylation is 1. The summed E-state index contributed by atoms with van der Waals surface area (Å²) >= 11 is 0. The molecule has 7 nitrogen and oxygen atoms in total. The van der Waals surface area contributed by atoms with Crippen molar-refractivity contribution < 1.29 is 9.53 Å². The van der Waals surface area contributed by atoms with Gasteiger partial charge in [-0.1, -0.05) is 30.3 Å². The fourth-order valence-electron chi connectivity index (χ4n) is 4.45. The Kier molecular flexibility index (Phi) is 6.13. The highest BCUT2D eigenvalue weighted by molar-refractivity contribution is 6.05. The number of ether oxygens (including phenoxy) is 1. The van der Waals surface area contributed by atoms with Crippen LogP contribution in [0.5, 0.6) is 5.88 Å². The number of rotatable bonds is 7. The molecule has 0 aliphatic carbocycles. The zero-order chi connectivity index (χ0) is 22.6. The molecule has 7 heteroatoms. The molecular weight excluding hydrogens is 414 g/mol. The molecule has 0 atom stereocenters. The third kappa shape index (κ3) is 4.64. The molecule has 5 rings (SSSR count). The van der Waals surface area contributed by atoms with Crippen LogP contribution < -0.4 is 10.1 Å². The van der Waals surface area contributed by atoms with Crippen LogP contribution in [0.4, 0.5) is 0 Å². The second-order valence-electron chi connectivity index (χ2n) is 8.50. The summed E-state index contributed by atoms with van der Waals surface area (Å²) in [5.74, 6) is 1.02. The zero-order valence-corrected chi connectivity index (χ0v) is 18.7. The van der Waals surface area contributed by atoms with E-state index >= 15 is 0 Å². The van der Waals surface area contributed by atoms with E-state index in [1.807, 2.05) is 55.7 Å². The van der Waals surface area contributed by atoms with Gasteiger partial charge in [0, 0.05) is 37.5 Å². The predicted octanol–water partition coefficient (Wildman–Crippen LogP) is 4.18. The van der Waals surface area contributed by atoms with E-state index in [9.17, 15) is 4.79 Å². The average molecular weight is 442 g/mol. The van der Waals surface area contributed by atoms with Crippen molar-refractivity contribution in [3.05, 3.63) is 72.2 Å². The number of Topliss-reactive ketones (excluding diaryl/α,β-unsaturated/α-hetero) is 1. The maximum absolute atomic E-state index is 12.9. The number of piperidine rings is 1. The Morgan fingerprint density at radius 2 is 1.97 bits per heavy atom. The van der Waals surface area contributed by atoms with E-state index in [2.05, 4.69) is 26.4 Å². The van der Waals surface area contributed by atoms with Crippen molar-refractivity contribution in [2.75, 3.05) is 13.1 Å². The van der Waals surface area contributed by atoms with Crippen LogP contribution in [0.2, 0.25) is 0 Å². The third-order valence-electron chi connectivity index (χ3n) is 6.22. The molecule has 33 heavy (non-hydrogen) atoms. The van der Waals surface area contributed by atoms with Crippen LogP contribution in [0, 0.1) is 5.92 Å². The largest absolute Gasteiger partial charge is 0.473 e. The minimum absolute atomic E-state index is 0.0911. The van der Waals surface area contributed by atoms with E-state index in [4.69, 9.17) is 4.74 Å². The number of hydrogen-bond acceptors (Lipinski definition) is 6. The molecule has 1 saturated heterocycles.